The largest absolute Gasteiger partial charge is 0.480 e. The zero-order chi connectivity index (χ0) is 12.6. The first-order valence-corrected chi connectivity index (χ1v) is 5.63. The van der Waals surface area contributed by atoms with E-state index in [1.807, 2.05) is 0 Å². The molecule has 5 heteroatoms. The van der Waals surface area contributed by atoms with Crippen molar-refractivity contribution in [3.05, 3.63) is 0 Å². The number of carbonyl (C=O) groups is 2. The lowest BCUT2D eigenvalue weighted by Gasteiger charge is -2.22. The van der Waals surface area contributed by atoms with E-state index in [4.69, 9.17) is 10.2 Å². The summed E-state index contributed by atoms with van der Waals surface area (Å²) in [6.07, 6.45) is 4.53. The van der Waals surface area contributed by atoms with E-state index < -0.39 is 18.0 Å². The first kappa shape index (κ1) is 14.9. The molecule has 0 saturated heterocycles. The van der Waals surface area contributed by atoms with E-state index in [1.165, 1.54) is 11.9 Å². The Morgan fingerprint density at radius 1 is 1.19 bits per heavy atom. The fourth-order valence-electron chi connectivity index (χ4n) is 1.62. The average molecular weight is 231 g/mol. The van der Waals surface area contributed by atoms with Crippen LogP contribution in [0.4, 0.5) is 0 Å². The molecule has 0 aromatic heterocycles. The van der Waals surface area contributed by atoms with E-state index in [9.17, 15) is 9.59 Å². The van der Waals surface area contributed by atoms with Crippen molar-refractivity contribution in [2.75, 3.05) is 13.6 Å². The lowest BCUT2D eigenvalue weighted by Crippen LogP contribution is -2.41. The maximum Gasteiger partial charge on any atom is 0.320 e. The first-order valence-electron chi connectivity index (χ1n) is 5.63. The van der Waals surface area contributed by atoms with Crippen LogP contribution >= 0.6 is 0 Å². The highest BCUT2D eigenvalue weighted by molar-refractivity contribution is 5.75. The summed E-state index contributed by atoms with van der Waals surface area (Å²) in [5.41, 5.74) is 0. The Morgan fingerprint density at radius 3 is 2.25 bits per heavy atom. The standard InChI is InChI=1S/C11H21NO4/c1-3-4-5-6-7-9(11(15)16)12(2)8-10(13)14/h9H,3-8H2,1-2H3,(H,13,14)(H,15,16). The van der Waals surface area contributed by atoms with E-state index in [2.05, 4.69) is 6.92 Å². The van der Waals surface area contributed by atoms with Gasteiger partial charge in [0.25, 0.3) is 0 Å². The third-order valence-electron chi connectivity index (χ3n) is 2.53. The maximum absolute atomic E-state index is 11.0. The summed E-state index contributed by atoms with van der Waals surface area (Å²) in [6, 6.07) is -0.687. The Morgan fingerprint density at radius 2 is 1.81 bits per heavy atom. The van der Waals surface area contributed by atoms with Gasteiger partial charge >= 0.3 is 11.9 Å². The van der Waals surface area contributed by atoms with Crippen LogP contribution in [0.1, 0.15) is 39.0 Å². The van der Waals surface area contributed by atoms with Crippen LogP contribution in [0.15, 0.2) is 0 Å². The highest BCUT2D eigenvalue weighted by Gasteiger charge is 2.23. The molecule has 0 rings (SSSR count). The minimum Gasteiger partial charge on any atom is -0.480 e. The van der Waals surface area contributed by atoms with Gasteiger partial charge in [-0.3, -0.25) is 14.5 Å². The average Bonchev–Trinajstić information content (AvgIpc) is 2.15. The van der Waals surface area contributed by atoms with Crippen LogP contribution in [0.3, 0.4) is 0 Å². The summed E-state index contributed by atoms with van der Waals surface area (Å²) in [5, 5.41) is 17.6. The number of hydrogen-bond acceptors (Lipinski definition) is 3. The van der Waals surface area contributed by atoms with Crippen LogP contribution in [-0.4, -0.2) is 46.7 Å². The second-order valence-corrected chi connectivity index (χ2v) is 4.01. The van der Waals surface area contributed by atoms with Crippen molar-refractivity contribution in [1.82, 2.24) is 4.90 Å². The summed E-state index contributed by atoms with van der Waals surface area (Å²) in [4.78, 5) is 22.8. The highest BCUT2D eigenvalue weighted by Crippen LogP contribution is 2.10. The molecule has 0 aliphatic carbocycles. The molecular weight excluding hydrogens is 210 g/mol. The molecule has 0 fully saturated rings. The predicted octanol–water partition coefficient (Wildman–Crippen LogP) is 1.43. The van der Waals surface area contributed by atoms with Gasteiger partial charge in [-0.15, -0.1) is 0 Å². The molecule has 0 aliphatic rings. The number of hydrogen-bond donors (Lipinski definition) is 2. The van der Waals surface area contributed by atoms with E-state index in [-0.39, 0.29) is 6.54 Å². The third-order valence-corrected chi connectivity index (χ3v) is 2.53. The van der Waals surface area contributed by atoms with Crippen molar-refractivity contribution in [2.24, 2.45) is 0 Å². The second-order valence-electron chi connectivity index (χ2n) is 4.01. The molecule has 1 unspecified atom stereocenters. The minimum atomic E-state index is -0.998. The fourth-order valence-corrected chi connectivity index (χ4v) is 1.62. The number of carboxylic acids is 2. The Balaban J connectivity index is 4.06. The first-order chi connectivity index (χ1) is 7.49. The lowest BCUT2D eigenvalue weighted by atomic mass is 10.1. The summed E-state index contributed by atoms with van der Waals surface area (Å²) < 4.78 is 0. The molecule has 0 aromatic rings. The molecule has 16 heavy (non-hydrogen) atoms. The van der Waals surface area contributed by atoms with Crippen LogP contribution in [0.5, 0.6) is 0 Å². The minimum absolute atomic E-state index is 0.231. The van der Waals surface area contributed by atoms with E-state index in [0.717, 1.165) is 25.7 Å². The normalized spacial score (nSPS) is 12.7. The van der Waals surface area contributed by atoms with E-state index in [0.29, 0.717) is 6.42 Å². The summed E-state index contributed by atoms with van der Waals surface area (Å²) in [7, 11) is 1.53. The zero-order valence-electron chi connectivity index (χ0n) is 9.98. The van der Waals surface area contributed by atoms with Crippen molar-refractivity contribution in [3.8, 4) is 0 Å². The van der Waals surface area contributed by atoms with Crippen molar-refractivity contribution < 1.29 is 19.8 Å². The molecule has 1 atom stereocenters. The van der Waals surface area contributed by atoms with Crippen molar-refractivity contribution in [1.29, 1.82) is 0 Å². The lowest BCUT2D eigenvalue weighted by molar-refractivity contribution is -0.145. The van der Waals surface area contributed by atoms with E-state index in [1.54, 1.807) is 0 Å². The van der Waals surface area contributed by atoms with Gasteiger partial charge in [0.2, 0.25) is 0 Å². The van der Waals surface area contributed by atoms with Gasteiger partial charge in [0.05, 0.1) is 6.54 Å². The number of nitrogens with zero attached hydrogens (tertiary/aromatic N) is 1. The summed E-state index contributed by atoms with van der Waals surface area (Å²) in [6.45, 7) is 1.86. The Kier molecular flexibility index (Phi) is 7.54. The molecule has 5 nitrogen and oxygen atoms in total. The Hall–Kier alpha value is -1.10. The summed E-state index contributed by atoms with van der Waals surface area (Å²) in [5.74, 6) is -1.94. The predicted molar refractivity (Wildman–Crippen MR) is 60.4 cm³/mol. The van der Waals surface area contributed by atoms with Gasteiger partial charge in [0.15, 0.2) is 0 Å². The Bertz CT molecular complexity index is 230. The van der Waals surface area contributed by atoms with Gasteiger partial charge in [-0.2, -0.15) is 0 Å². The molecule has 0 radical (unpaired) electrons. The van der Waals surface area contributed by atoms with Gasteiger partial charge in [0.1, 0.15) is 6.04 Å². The third kappa shape index (κ3) is 6.40. The molecule has 0 aromatic carbocycles. The number of aliphatic carboxylic acids is 2. The van der Waals surface area contributed by atoms with E-state index >= 15 is 0 Å². The molecule has 94 valence electrons. The number of likely N-dealkylation sites (N-methyl/N-ethyl adjacent to an activating group) is 1. The highest BCUT2D eigenvalue weighted by atomic mass is 16.4. The molecule has 0 bridgehead atoms. The van der Waals surface area contributed by atoms with Crippen LogP contribution in [0.25, 0.3) is 0 Å². The van der Waals surface area contributed by atoms with Crippen LogP contribution in [-0.2, 0) is 9.59 Å². The molecule has 0 aliphatic heterocycles. The molecule has 2 N–H and O–H groups in total. The van der Waals surface area contributed by atoms with Crippen molar-refractivity contribution >= 4 is 11.9 Å². The van der Waals surface area contributed by atoms with Crippen LogP contribution in [0, 0.1) is 0 Å². The topological polar surface area (TPSA) is 77.8 Å². The fraction of sp³-hybridized carbons (Fsp3) is 0.818. The molecule has 0 saturated carbocycles. The van der Waals surface area contributed by atoms with Crippen LogP contribution < -0.4 is 0 Å². The molecular formula is C11H21NO4. The monoisotopic (exact) mass is 231 g/mol. The van der Waals surface area contributed by atoms with Crippen LogP contribution in [0.2, 0.25) is 0 Å². The van der Waals surface area contributed by atoms with Gasteiger partial charge < -0.3 is 10.2 Å². The smallest absolute Gasteiger partial charge is 0.320 e. The quantitative estimate of drug-likeness (QED) is 0.587. The van der Waals surface area contributed by atoms with Gasteiger partial charge in [0, 0.05) is 0 Å². The van der Waals surface area contributed by atoms with Gasteiger partial charge in [-0.25, -0.2) is 0 Å². The number of rotatable bonds is 9. The van der Waals surface area contributed by atoms with Gasteiger partial charge in [-0.1, -0.05) is 32.6 Å². The zero-order valence-corrected chi connectivity index (χ0v) is 9.98. The summed E-state index contributed by atoms with van der Waals surface area (Å²) >= 11 is 0. The van der Waals surface area contributed by atoms with Gasteiger partial charge in [-0.05, 0) is 13.5 Å². The Labute approximate surface area is 96.1 Å². The maximum atomic E-state index is 11.0. The molecule has 0 amide bonds. The van der Waals surface area contributed by atoms with Crippen molar-refractivity contribution in [2.45, 2.75) is 45.1 Å². The molecule has 0 spiro atoms. The number of unbranched alkanes of at least 4 members (excludes halogenated alkanes) is 3. The molecule has 0 heterocycles. The number of carboxylic acid groups (broad SMARTS) is 2. The SMILES string of the molecule is CCCCCCC(C(=O)O)N(C)CC(=O)O. The second kappa shape index (κ2) is 8.10. The van der Waals surface area contributed by atoms with Crippen molar-refractivity contribution in [3.63, 3.8) is 0 Å².